The molecule has 0 spiro atoms. The molecule has 1 heterocycles. The molecular formula is C28H33N5O2. The zero-order chi connectivity index (χ0) is 25.5. The first-order valence-corrected chi connectivity index (χ1v) is 11.9. The van der Waals surface area contributed by atoms with E-state index in [0.29, 0.717) is 48.6 Å². The Hall–Kier alpha value is -3.76. The van der Waals surface area contributed by atoms with Crippen molar-refractivity contribution in [3.63, 3.8) is 0 Å². The van der Waals surface area contributed by atoms with Crippen LogP contribution in [0.3, 0.4) is 0 Å². The van der Waals surface area contributed by atoms with Gasteiger partial charge in [-0.05, 0) is 62.6 Å². The zero-order valence-corrected chi connectivity index (χ0v) is 20.9. The predicted molar refractivity (Wildman–Crippen MR) is 137 cm³/mol. The normalized spacial score (nSPS) is 11.8. The molecule has 0 aliphatic heterocycles. The van der Waals surface area contributed by atoms with E-state index >= 15 is 0 Å². The summed E-state index contributed by atoms with van der Waals surface area (Å²) in [5.74, 6) is 0.363. The van der Waals surface area contributed by atoms with Crippen molar-refractivity contribution in [1.29, 1.82) is 5.26 Å². The number of benzene rings is 2. The molecule has 0 bridgehead atoms. The lowest BCUT2D eigenvalue weighted by Crippen LogP contribution is -2.42. The van der Waals surface area contributed by atoms with Crippen molar-refractivity contribution in [2.24, 2.45) is 11.7 Å². The molecule has 0 aliphatic carbocycles. The van der Waals surface area contributed by atoms with Crippen molar-refractivity contribution < 1.29 is 4.79 Å². The minimum atomic E-state index is -0.444. The lowest BCUT2D eigenvalue weighted by atomic mass is 9.98. The van der Waals surface area contributed by atoms with Gasteiger partial charge in [0.25, 0.3) is 11.5 Å². The maximum Gasteiger partial charge on any atom is 0.276 e. The number of carbonyl (C=O) groups excluding carboxylic acids is 1. The monoisotopic (exact) mass is 471 g/mol. The predicted octanol–water partition coefficient (Wildman–Crippen LogP) is 3.97. The van der Waals surface area contributed by atoms with E-state index in [4.69, 9.17) is 11.0 Å². The van der Waals surface area contributed by atoms with Gasteiger partial charge in [0.1, 0.15) is 5.82 Å². The van der Waals surface area contributed by atoms with Crippen LogP contribution in [0.1, 0.15) is 64.9 Å². The van der Waals surface area contributed by atoms with E-state index in [1.807, 2.05) is 51.1 Å². The average molecular weight is 472 g/mol. The molecule has 182 valence electrons. The number of amides is 1. The number of nitrogens with zero attached hydrogens (tertiary/aromatic N) is 4. The minimum absolute atomic E-state index is 0.0221. The minimum Gasteiger partial charge on any atom is -0.330 e. The summed E-state index contributed by atoms with van der Waals surface area (Å²) in [6, 6.07) is 18.2. The Kier molecular flexibility index (Phi) is 8.56. The molecule has 1 aromatic heterocycles. The van der Waals surface area contributed by atoms with E-state index in [0.717, 1.165) is 11.3 Å². The van der Waals surface area contributed by atoms with Gasteiger partial charge >= 0.3 is 0 Å². The lowest BCUT2D eigenvalue weighted by Gasteiger charge is -2.36. The summed E-state index contributed by atoms with van der Waals surface area (Å²) < 4.78 is 2.05. The van der Waals surface area contributed by atoms with Crippen LogP contribution in [-0.2, 0) is 6.54 Å². The molecule has 1 atom stereocenters. The highest BCUT2D eigenvalue weighted by Crippen LogP contribution is 2.30. The summed E-state index contributed by atoms with van der Waals surface area (Å²) >= 11 is 0. The maximum atomic E-state index is 13.8. The van der Waals surface area contributed by atoms with Crippen molar-refractivity contribution >= 4 is 5.91 Å². The average Bonchev–Trinajstić information content (AvgIpc) is 2.87. The van der Waals surface area contributed by atoms with Gasteiger partial charge in [-0.25, -0.2) is 0 Å². The second kappa shape index (κ2) is 11.6. The van der Waals surface area contributed by atoms with E-state index in [1.54, 1.807) is 36.1 Å². The Morgan fingerprint density at radius 3 is 2.34 bits per heavy atom. The highest BCUT2D eigenvalue weighted by atomic mass is 16.2. The molecule has 0 radical (unpaired) electrons. The second-order valence-electron chi connectivity index (χ2n) is 9.08. The fraction of sp³-hybridized carbons (Fsp3) is 0.357. The molecule has 3 rings (SSSR count). The number of rotatable bonds is 9. The molecule has 0 saturated heterocycles. The van der Waals surface area contributed by atoms with E-state index in [-0.39, 0.29) is 17.4 Å². The summed E-state index contributed by atoms with van der Waals surface area (Å²) in [7, 11) is 0. The van der Waals surface area contributed by atoms with Crippen molar-refractivity contribution in [2.75, 3.05) is 13.1 Å². The second-order valence-corrected chi connectivity index (χ2v) is 9.08. The van der Waals surface area contributed by atoms with E-state index in [1.165, 1.54) is 0 Å². The molecule has 2 N–H and O–H groups in total. The molecule has 0 aliphatic rings. The van der Waals surface area contributed by atoms with Crippen LogP contribution in [-0.4, -0.2) is 33.4 Å². The topological polar surface area (TPSA) is 105 Å². The molecule has 1 amide bonds. The van der Waals surface area contributed by atoms with Crippen LogP contribution in [0.2, 0.25) is 0 Å². The number of aromatic nitrogens is 2. The van der Waals surface area contributed by atoms with Gasteiger partial charge in [-0.3, -0.25) is 9.59 Å². The van der Waals surface area contributed by atoms with Crippen molar-refractivity contribution in [3.8, 4) is 6.07 Å². The molecule has 3 aromatic rings. The summed E-state index contributed by atoms with van der Waals surface area (Å²) in [5, 5.41) is 9.13. The van der Waals surface area contributed by atoms with Crippen LogP contribution in [0.25, 0.3) is 0 Å². The van der Waals surface area contributed by atoms with Gasteiger partial charge in [0.15, 0.2) is 0 Å². The lowest BCUT2D eigenvalue weighted by molar-refractivity contribution is 0.0601. The number of nitriles is 1. The number of hydrogen-bond acceptors (Lipinski definition) is 5. The van der Waals surface area contributed by atoms with Gasteiger partial charge in [0, 0.05) is 29.9 Å². The molecule has 1 unspecified atom stereocenters. The van der Waals surface area contributed by atoms with Gasteiger partial charge in [0.05, 0.1) is 17.7 Å². The Bertz CT molecular complexity index is 1260. The van der Waals surface area contributed by atoms with Crippen LogP contribution in [0.15, 0.2) is 59.4 Å². The first-order chi connectivity index (χ1) is 16.8. The molecule has 0 fully saturated rings. The van der Waals surface area contributed by atoms with E-state index < -0.39 is 6.04 Å². The first kappa shape index (κ1) is 25.9. The highest BCUT2D eigenvalue weighted by Gasteiger charge is 2.32. The quantitative estimate of drug-likeness (QED) is 0.508. The summed E-state index contributed by atoms with van der Waals surface area (Å²) in [6.07, 6.45) is 0.610. The van der Waals surface area contributed by atoms with Crippen molar-refractivity contribution in [2.45, 2.75) is 46.7 Å². The van der Waals surface area contributed by atoms with Crippen molar-refractivity contribution in [3.05, 3.63) is 98.7 Å². The standard InChI is InChI=1S/C28H33N5O2/c1-19(2)25(32(16-8-15-29)28(35)24-13-11-22(17-30)12-14-24)26-31-27(34)20(3)21(4)33(26)18-23-9-6-5-7-10-23/h5-7,9-14,19,25H,8,15-16,18,29H2,1-4H3. The zero-order valence-electron chi connectivity index (χ0n) is 20.9. The van der Waals surface area contributed by atoms with Gasteiger partial charge in [-0.15, -0.1) is 0 Å². The number of hydrogen-bond donors (Lipinski definition) is 1. The summed E-state index contributed by atoms with van der Waals surface area (Å²) in [4.78, 5) is 32.9. The largest absolute Gasteiger partial charge is 0.330 e. The van der Waals surface area contributed by atoms with Gasteiger partial charge in [-0.1, -0.05) is 44.2 Å². The fourth-order valence-corrected chi connectivity index (χ4v) is 4.25. The Labute approximate surface area is 206 Å². The van der Waals surface area contributed by atoms with Crippen molar-refractivity contribution in [1.82, 2.24) is 14.5 Å². The van der Waals surface area contributed by atoms with Gasteiger partial charge in [0.2, 0.25) is 0 Å². The molecule has 7 nitrogen and oxygen atoms in total. The molecule has 7 heteroatoms. The Morgan fingerprint density at radius 1 is 1.11 bits per heavy atom. The fourth-order valence-electron chi connectivity index (χ4n) is 4.25. The van der Waals surface area contributed by atoms with Crippen LogP contribution in [0.4, 0.5) is 0 Å². The van der Waals surface area contributed by atoms with E-state index in [2.05, 4.69) is 15.6 Å². The molecular weight excluding hydrogens is 438 g/mol. The molecule has 0 saturated carbocycles. The number of nitrogens with two attached hydrogens (primary N) is 1. The Morgan fingerprint density at radius 2 is 1.77 bits per heavy atom. The molecule has 2 aromatic carbocycles. The summed E-state index contributed by atoms with van der Waals surface area (Å²) in [6.45, 7) is 9.16. The van der Waals surface area contributed by atoms with Crippen LogP contribution in [0.5, 0.6) is 0 Å². The number of carbonyl (C=O) groups is 1. The highest BCUT2D eigenvalue weighted by molar-refractivity contribution is 5.94. The Balaban J connectivity index is 2.16. The van der Waals surface area contributed by atoms with Crippen LogP contribution in [0, 0.1) is 31.1 Å². The first-order valence-electron chi connectivity index (χ1n) is 11.9. The van der Waals surface area contributed by atoms with Crippen LogP contribution >= 0.6 is 0 Å². The maximum absolute atomic E-state index is 13.8. The van der Waals surface area contributed by atoms with Gasteiger partial charge in [-0.2, -0.15) is 10.2 Å². The SMILES string of the molecule is Cc1c(C)n(Cc2ccccc2)c(C(C(C)C)N(CCCN)C(=O)c2ccc(C#N)cc2)nc1=O. The third kappa shape index (κ3) is 5.84. The van der Waals surface area contributed by atoms with E-state index in [9.17, 15) is 9.59 Å². The van der Waals surface area contributed by atoms with Gasteiger partial charge < -0.3 is 15.2 Å². The van der Waals surface area contributed by atoms with Crippen LogP contribution < -0.4 is 11.3 Å². The molecule has 35 heavy (non-hydrogen) atoms. The summed E-state index contributed by atoms with van der Waals surface area (Å²) in [5.41, 5.74) is 9.02. The third-order valence-electron chi connectivity index (χ3n) is 6.30. The third-order valence-corrected chi connectivity index (χ3v) is 6.30. The smallest absolute Gasteiger partial charge is 0.276 e.